The molecule has 5 nitrogen and oxygen atoms in total. The smallest absolute Gasteiger partial charge is 0.356 e. The van der Waals surface area contributed by atoms with E-state index < -0.39 is 5.97 Å². The number of rotatable bonds is 2. The Morgan fingerprint density at radius 1 is 1.44 bits per heavy atom. The summed E-state index contributed by atoms with van der Waals surface area (Å²) in [5.74, 6) is 0.320. The normalized spacial score (nSPS) is 10.1. The molecule has 0 fully saturated rings. The molecular formula is C10H7BrN2O3. The highest BCUT2D eigenvalue weighted by atomic mass is 79.9. The van der Waals surface area contributed by atoms with Crippen LogP contribution in [0.4, 0.5) is 0 Å². The molecule has 0 saturated carbocycles. The molecule has 6 heteroatoms. The number of nitrogens with zero attached hydrogens (tertiary/aromatic N) is 2. The van der Waals surface area contributed by atoms with Gasteiger partial charge < -0.3 is 9.15 Å². The van der Waals surface area contributed by atoms with Crippen LogP contribution in [0.15, 0.2) is 33.5 Å². The summed E-state index contributed by atoms with van der Waals surface area (Å²) in [4.78, 5) is 19.3. The van der Waals surface area contributed by atoms with Crippen LogP contribution in [0.25, 0.3) is 11.6 Å². The Bertz CT molecular complexity index is 524. The van der Waals surface area contributed by atoms with Gasteiger partial charge in [-0.2, -0.15) is 0 Å². The molecule has 0 atom stereocenters. The Morgan fingerprint density at radius 3 is 2.88 bits per heavy atom. The number of aromatic nitrogens is 2. The van der Waals surface area contributed by atoms with Gasteiger partial charge >= 0.3 is 5.97 Å². The summed E-state index contributed by atoms with van der Waals surface area (Å²) in [7, 11) is 1.30. The fraction of sp³-hybridized carbons (Fsp3) is 0.100. The lowest BCUT2D eigenvalue weighted by Gasteiger charge is -1.99. The van der Waals surface area contributed by atoms with E-state index in [4.69, 9.17) is 4.42 Å². The summed E-state index contributed by atoms with van der Waals surface area (Å²) >= 11 is 3.18. The second kappa shape index (κ2) is 4.44. The Balaban J connectivity index is 2.39. The minimum Gasteiger partial charge on any atom is -0.464 e. The van der Waals surface area contributed by atoms with Gasteiger partial charge in [0.25, 0.3) is 0 Å². The minimum absolute atomic E-state index is 0.194. The lowest BCUT2D eigenvalue weighted by molar-refractivity contribution is 0.0594. The van der Waals surface area contributed by atoms with E-state index in [-0.39, 0.29) is 5.69 Å². The molecule has 0 aliphatic carbocycles. The van der Waals surface area contributed by atoms with Gasteiger partial charge in [0.1, 0.15) is 0 Å². The van der Waals surface area contributed by atoms with E-state index in [1.165, 1.54) is 19.4 Å². The van der Waals surface area contributed by atoms with Crippen molar-refractivity contribution in [2.45, 2.75) is 0 Å². The van der Waals surface area contributed by atoms with Crippen LogP contribution < -0.4 is 0 Å². The fourth-order valence-corrected chi connectivity index (χ4v) is 1.44. The highest BCUT2D eigenvalue weighted by Gasteiger charge is 2.11. The molecule has 82 valence electrons. The van der Waals surface area contributed by atoms with Crippen LogP contribution in [-0.4, -0.2) is 23.0 Å². The Kier molecular flexibility index (Phi) is 3.00. The number of carbonyl (C=O) groups is 1. The Morgan fingerprint density at radius 2 is 2.25 bits per heavy atom. The average Bonchev–Trinajstić information content (AvgIpc) is 2.75. The first kappa shape index (κ1) is 10.8. The topological polar surface area (TPSA) is 65.2 Å². The van der Waals surface area contributed by atoms with Gasteiger partial charge in [-0.3, -0.25) is 0 Å². The summed E-state index contributed by atoms with van der Waals surface area (Å²) in [5, 5.41) is 0. The molecule has 0 amide bonds. The lowest BCUT2D eigenvalue weighted by Crippen LogP contribution is -2.05. The Hall–Kier alpha value is -1.69. The van der Waals surface area contributed by atoms with Crippen molar-refractivity contribution in [3.05, 3.63) is 34.8 Å². The van der Waals surface area contributed by atoms with Crippen molar-refractivity contribution in [1.82, 2.24) is 9.97 Å². The van der Waals surface area contributed by atoms with Crippen molar-refractivity contribution in [3.8, 4) is 11.6 Å². The Labute approximate surface area is 99.6 Å². The van der Waals surface area contributed by atoms with Crippen LogP contribution in [0.3, 0.4) is 0 Å². The van der Waals surface area contributed by atoms with Crippen LogP contribution in [0.1, 0.15) is 10.5 Å². The molecular weight excluding hydrogens is 276 g/mol. The third kappa shape index (κ3) is 2.11. The van der Waals surface area contributed by atoms with Gasteiger partial charge in [-0.15, -0.1) is 0 Å². The van der Waals surface area contributed by atoms with Gasteiger partial charge in [0.2, 0.25) is 0 Å². The zero-order valence-corrected chi connectivity index (χ0v) is 9.89. The second-order valence-corrected chi connectivity index (χ2v) is 3.64. The fourth-order valence-electron chi connectivity index (χ4n) is 1.13. The maximum absolute atomic E-state index is 11.2. The highest BCUT2D eigenvalue weighted by molar-refractivity contribution is 9.10. The van der Waals surface area contributed by atoms with Crippen LogP contribution >= 0.6 is 15.9 Å². The SMILES string of the molecule is COC(=O)c1ccnc(-c2ccc(Br)o2)n1. The molecule has 2 aromatic heterocycles. The van der Waals surface area contributed by atoms with Gasteiger partial charge in [-0.25, -0.2) is 14.8 Å². The largest absolute Gasteiger partial charge is 0.464 e. The maximum atomic E-state index is 11.2. The first-order valence-corrected chi connectivity index (χ1v) is 5.17. The summed E-state index contributed by atoms with van der Waals surface area (Å²) in [6.45, 7) is 0. The molecule has 2 aromatic rings. The summed E-state index contributed by atoms with van der Waals surface area (Å²) < 4.78 is 10.4. The third-order valence-corrected chi connectivity index (χ3v) is 2.27. The number of carbonyl (C=O) groups excluding carboxylic acids is 1. The van der Waals surface area contributed by atoms with Gasteiger partial charge in [-0.1, -0.05) is 0 Å². The quantitative estimate of drug-likeness (QED) is 0.791. The van der Waals surface area contributed by atoms with E-state index in [1.807, 2.05) is 0 Å². The van der Waals surface area contributed by atoms with E-state index in [9.17, 15) is 4.79 Å². The third-order valence-electron chi connectivity index (χ3n) is 1.84. The predicted octanol–water partition coefficient (Wildman–Crippen LogP) is 2.29. The first-order chi connectivity index (χ1) is 7.70. The summed E-state index contributed by atoms with van der Waals surface area (Å²) in [5.41, 5.74) is 0.194. The number of hydrogen-bond acceptors (Lipinski definition) is 5. The van der Waals surface area contributed by atoms with Gasteiger partial charge in [0, 0.05) is 6.20 Å². The number of halogens is 1. The van der Waals surface area contributed by atoms with Gasteiger partial charge in [0.15, 0.2) is 21.9 Å². The predicted molar refractivity (Wildman–Crippen MR) is 58.8 cm³/mol. The molecule has 16 heavy (non-hydrogen) atoms. The van der Waals surface area contributed by atoms with Crippen LogP contribution in [-0.2, 0) is 4.74 Å². The molecule has 0 spiro atoms. The van der Waals surface area contributed by atoms with Crippen LogP contribution in [0, 0.1) is 0 Å². The van der Waals surface area contributed by atoms with E-state index in [0.717, 1.165) is 0 Å². The number of methoxy groups -OCH3 is 1. The molecule has 0 aliphatic rings. The van der Waals surface area contributed by atoms with Crippen LogP contribution in [0.5, 0.6) is 0 Å². The molecule has 0 aliphatic heterocycles. The van der Waals surface area contributed by atoms with Crippen LogP contribution in [0.2, 0.25) is 0 Å². The minimum atomic E-state index is -0.505. The molecule has 2 heterocycles. The molecule has 0 unspecified atom stereocenters. The zero-order valence-electron chi connectivity index (χ0n) is 8.31. The average molecular weight is 283 g/mol. The zero-order chi connectivity index (χ0) is 11.5. The van der Waals surface area contributed by atoms with E-state index in [1.54, 1.807) is 12.1 Å². The van der Waals surface area contributed by atoms with Crippen molar-refractivity contribution >= 4 is 21.9 Å². The summed E-state index contributed by atoms with van der Waals surface area (Å²) in [6, 6.07) is 4.91. The van der Waals surface area contributed by atoms with E-state index in [0.29, 0.717) is 16.3 Å². The van der Waals surface area contributed by atoms with Crippen molar-refractivity contribution < 1.29 is 13.9 Å². The van der Waals surface area contributed by atoms with E-state index in [2.05, 4.69) is 30.6 Å². The number of ether oxygens (including phenoxy) is 1. The monoisotopic (exact) mass is 282 g/mol. The number of esters is 1. The summed E-state index contributed by atoms with van der Waals surface area (Å²) in [6.07, 6.45) is 1.48. The maximum Gasteiger partial charge on any atom is 0.356 e. The van der Waals surface area contributed by atoms with Crippen molar-refractivity contribution in [2.24, 2.45) is 0 Å². The first-order valence-electron chi connectivity index (χ1n) is 4.38. The van der Waals surface area contributed by atoms with Crippen molar-refractivity contribution in [3.63, 3.8) is 0 Å². The molecule has 0 bridgehead atoms. The molecule has 0 N–H and O–H groups in total. The van der Waals surface area contributed by atoms with E-state index >= 15 is 0 Å². The molecule has 0 radical (unpaired) electrons. The molecule has 0 saturated heterocycles. The number of hydrogen-bond donors (Lipinski definition) is 0. The standard InChI is InChI=1S/C10H7BrN2O3/c1-15-10(14)6-4-5-12-9(13-6)7-2-3-8(11)16-7/h2-5H,1H3. The van der Waals surface area contributed by atoms with Gasteiger partial charge in [0.05, 0.1) is 7.11 Å². The van der Waals surface area contributed by atoms with Crippen molar-refractivity contribution in [2.75, 3.05) is 7.11 Å². The molecule has 0 aromatic carbocycles. The number of furan rings is 1. The molecule has 2 rings (SSSR count). The highest BCUT2D eigenvalue weighted by Crippen LogP contribution is 2.21. The van der Waals surface area contributed by atoms with Crippen molar-refractivity contribution in [1.29, 1.82) is 0 Å². The lowest BCUT2D eigenvalue weighted by atomic mass is 10.3. The second-order valence-electron chi connectivity index (χ2n) is 2.86. The van der Waals surface area contributed by atoms with Gasteiger partial charge in [-0.05, 0) is 34.1 Å².